The highest BCUT2D eigenvalue weighted by atomic mass is 127. The van der Waals surface area contributed by atoms with E-state index in [0.717, 1.165) is 19.6 Å². The molecule has 0 aromatic heterocycles. The molecule has 25 heavy (non-hydrogen) atoms. The fourth-order valence-electron chi connectivity index (χ4n) is 3.06. The first-order valence-electron chi connectivity index (χ1n) is 8.82. The molecule has 8 heteroatoms. The number of aliphatic imine (C=N–C) groups is 1. The van der Waals surface area contributed by atoms with Gasteiger partial charge in [-0.05, 0) is 45.4 Å². The van der Waals surface area contributed by atoms with Crippen LogP contribution in [0.2, 0.25) is 0 Å². The van der Waals surface area contributed by atoms with E-state index in [9.17, 15) is 8.42 Å². The second-order valence-corrected chi connectivity index (χ2v) is 10.6. The molecular formula is C17H36IN3O3S. The van der Waals surface area contributed by atoms with Crippen molar-refractivity contribution in [2.45, 2.75) is 57.6 Å². The van der Waals surface area contributed by atoms with Crippen LogP contribution in [0, 0.1) is 5.41 Å². The van der Waals surface area contributed by atoms with Crippen LogP contribution < -0.4 is 10.6 Å². The zero-order chi connectivity index (χ0) is 18.3. The van der Waals surface area contributed by atoms with Gasteiger partial charge in [-0.25, -0.2) is 8.42 Å². The van der Waals surface area contributed by atoms with Crippen molar-refractivity contribution in [2.75, 3.05) is 39.6 Å². The van der Waals surface area contributed by atoms with Gasteiger partial charge in [-0.3, -0.25) is 4.99 Å². The second-order valence-electron chi connectivity index (χ2n) is 7.73. The highest BCUT2D eigenvalue weighted by Gasteiger charge is 2.33. The first kappa shape index (κ1) is 24.9. The second kappa shape index (κ2) is 10.9. The third-order valence-corrected chi connectivity index (χ3v) is 7.56. The van der Waals surface area contributed by atoms with Crippen molar-refractivity contribution in [3.8, 4) is 0 Å². The fourth-order valence-corrected chi connectivity index (χ4v) is 4.04. The lowest BCUT2D eigenvalue weighted by molar-refractivity contribution is 0.138. The van der Waals surface area contributed by atoms with Crippen molar-refractivity contribution in [1.29, 1.82) is 0 Å². The number of methoxy groups -OCH3 is 1. The van der Waals surface area contributed by atoms with E-state index in [2.05, 4.69) is 15.6 Å². The molecule has 1 saturated carbocycles. The molecule has 0 atom stereocenters. The Hall–Kier alpha value is -0.0900. The minimum Gasteiger partial charge on any atom is -0.385 e. The van der Waals surface area contributed by atoms with Crippen molar-refractivity contribution in [2.24, 2.45) is 10.4 Å². The van der Waals surface area contributed by atoms with Crippen LogP contribution in [0.15, 0.2) is 4.99 Å². The average Bonchev–Trinajstić information content (AvgIpc) is 2.96. The van der Waals surface area contributed by atoms with E-state index in [1.165, 1.54) is 25.7 Å². The van der Waals surface area contributed by atoms with E-state index in [1.807, 2.05) is 0 Å². The Kier molecular flexibility index (Phi) is 10.9. The summed E-state index contributed by atoms with van der Waals surface area (Å²) in [5.41, 5.74) is 0.269. The molecule has 1 rings (SSSR count). The number of hydrogen-bond acceptors (Lipinski definition) is 4. The van der Waals surface area contributed by atoms with E-state index >= 15 is 0 Å². The number of hydrogen-bond donors (Lipinski definition) is 2. The Morgan fingerprint density at radius 1 is 1.20 bits per heavy atom. The van der Waals surface area contributed by atoms with E-state index in [0.29, 0.717) is 12.5 Å². The van der Waals surface area contributed by atoms with Gasteiger partial charge in [-0.15, -0.1) is 24.0 Å². The highest BCUT2D eigenvalue weighted by Crippen LogP contribution is 2.40. The SMILES string of the molecule is CN=C(NCCS(=O)(=O)C(C)(C)C)NCC1(CCOC)CCCC1.I. The van der Waals surface area contributed by atoms with Crippen LogP contribution in [-0.2, 0) is 14.6 Å². The normalized spacial score (nSPS) is 17.9. The zero-order valence-electron chi connectivity index (χ0n) is 16.4. The number of sulfone groups is 1. The highest BCUT2D eigenvalue weighted by molar-refractivity contribution is 14.0. The van der Waals surface area contributed by atoms with Crippen LogP contribution in [-0.4, -0.2) is 58.7 Å². The minimum absolute atomic E-state index is 0. The van der Waals surface area contributed by atoms with E-state index in [-0.39, 0.29) is 35.1 Å². The largest absolute Gasteiger partial charge is 0.385 e. The monoisotopic (exact) mass is 489 g/mol. The summed E-state index contributed by atoms with van der Waals surface area (Å²) in [6.45, 7) is 7.18. The summed E-state index contributed by atoms with van der Waals surface area (Å²) in [4.78, 5) is 4.21. The molecule has 150 valence electrons. The molecule has 0 aliphatic heterocycles. The van der Waals surface area contributed by atoms with Crippen LogP contribution in [0.3, 0.4) is 0 Å². The summed E-state index contributed by atoms with van der Waals surface area (Å²) in [5, 5.41) is 6.50. The molecule has 1 aliphatic rings. The first-order chi connectivity index (χ1) is 11.2. The number of nitrogens with one attached hydrogen (secondary N) is 2. The Bertz CT molecular complexity index is 510. The smallest absolute Gasteiger partial charge is 0.191 e. The fraction of sp³-hybridized carbons (Fsp3) is 0.941. The predicted octanol–water partition coefficient (Wildman–Crippen LogP) is 2.58. The van der Waals surface area contributed by atoms with Crippen molar-refractivity contribution < 1.29 is 13.2 Å². The van der Waals surface area contributed by atoms with Crippen LogP contribution in [0.5, 0.6) is 0 Å². The van der Waals surface area contributed by atoms with Gasteiger partial charge < -0.3 is 15.4 Å². The summed E-state index contributed by atoms with van der Waals surface area (Å²) in [5.74, 6) is 0.772. The molecular weight excluding hydrogens is 453 g/mol. The molecule has 0 saturated heterocycles. The van der Waals surface area contributed by atoms with Crippen LogP contribution in [0.4, 0.5) is 0 Å². The van der Waals surface area contributed by atoms with Gasteiger partial charge in [-0.1, -0.05) is 12.8 Å². The number of ether oxygens (including phenoxy) is 1. The number of guanidine groups is 1. The summed E-state index contributed by atoms with van der Waals surface area (Å²) in [6, 6.07) is 0. The van der Waals surface area contributed by atoms with Gasteiger partial charge in [0.2, 0.25) is 0 Å². The van der Waals surface area contributed by atoms with E-state index in [1.54, 1.807) is 34.9 Å². The maximum atomic E-state index is 12.1. The molecule has 0 spiro atoms. The summed E-state index contributed by atoms with van der Waals surface area (Å²) in [6.07, 6.45) is 5.99. The van der Waals surface area contributed by atoms with Gasteiger partial charge in [0.15, 0.2) is 15.8 Å². The average molecular weight is 489 g/mol. The van der Waals surface area contributed by atoms with Crippen molar-refractivity contribution >= 4 is 39.8 Å². The maximum Gasteiger partial charge on any atom is 0.191 e. The molecule has 2 N–H and O–H groups in total. The lowest BCUT2D eigenvalue weighted by atomic mass is 9.83. The van der Waals surface area contributed by atoms with Gasteiger partial charge in [0.25, 0.3) is 0 Å². The lowest BCUT2D eigenvalue weighted by Crippen LogP contribution is -2.45. The van der Waals surface area contributed by atoms with Gasteiger partial charge >= 0.3 is 0 Å². The summed E-state index contributed by atoms with van der Waals surface area (Å²) < 4.78 is 28.8. The van der Waals surface area contributed by atoms with Gasteiger partial charge in [0.1, 0.15) is 0 Å². The number of halogens is 1. The third-order valence-electron chi connectivity index (χ3n) is 4.95. The minimum atomic E-state index is -3.12. The molecule has 0 aromatic rings. The molecule has 0 amide bonds. The number of rotatable bonds is 8. The number of nitrogens with zero attached hydrogens (tertiary/aromatic N) is 1. The van der Waals surface area contributed by atoms with E-state index in [4.69, 9.17) is 4.74 Å². The molecule has 0 unspecified atom stereocenters. The maximum absolute atomic E-state index is 12.1. The van der Waals surface area contributed by atoms with Crippen molar-refractivity contribution in [3.05, 3.63) is 0 Å². The Labute approximate surface area is 170 Å². The topological polar surface area (TPSA) is 79.8 Å². The molecule has 1 aliphatic carbocycles. The Morgan fingerprint density at radius 3 is 2.28 bits per heavy atom. The molecule has 0 bridgehead atoms. The van der Waals surface area contributed by atoms with Crippen LogP contribution in [0.25, 0.3) is 0 Å². The first-order valence-corrected chi connectivity index (χ1v) is 10.5. The quantitative estimate of drug-likeness (QED) is 0.311. The van der Waals surface area contributed by atoms with E-state index < -0.39 is 14.6 Å². The molecule has 0 aromatic carbocycles. The molecule has 6 nitrogen and oxygen atoms in total. The Morgan fingerprint density at radius 2 is 1.80 bits per heavy atom. The zero-order valence-corrected chi connectivity index (χ0v) is 19.5. The van der Waals surface area contributed by atoms with Gasteiger partial charge in [0.05, 0.1) is 10.5 Å². The summed E-state index contributed by atoms with van der Waals surface area (Å²) in [7, 11) is 0.337. The summed E-state index contributed by atoms with van der Waals surface area (Å²) >= 11 is 0. The molecule has 1 fully saturated rings. The van der Waals surface area contributed by atoms with Gasteiger partial charge in [-0.2, -0.15) is 0 Å². The molecule has 0 radical (unpaired) electrons. The lowest BCUT2D eigenvalue weighted by Gasteiger charge is -2.30. The standard InChI is InChI=1S/C17H35N3O3S.HI/c1-16(2,3)24(21,22)13-11-19-15(18-4)20-14-17(10-12-23-5)8-6-7-9-17;/h6-14H2,1-5H3,(H2,18,19,20);1H. The van der Waals surface area contributed by atoms with Crippen molar-refractivity contribution in [3.63, 3.8) is 0 Å². The van der Waals surface area contributed by atoms with Crippen molar-refractivity contribution in [1.82, 2.24) is 10.6 Å². The third kappa shape index (κ3) is 7.99. The van der Waals surface area contributed by atoms with Gasteiger partial charge in [0, 0.05) is 33.9 Å². The Balaban J connectivity index is 0.00000576. The molecule has 0 heterocycles. The van der Waals surface area contributed by atoms with Crippen LogP contribution in [0.1, 0.15) is 52.9 Å². The van der Waals surface area contributed by atoms with Crippen LogP contribution >= 0.6 is 24.0 Å². The predicted molar refractivity (Wildman–Crippen MR) is 116 cm³/mol.